The van der Waals surface area contributed by atoms with Gasteiger partial charge in [-0.15, -0.1) is 13.2 Å². The molecule has 0 bridgehead atoms. The summed E-state index contributed by atoms with van der Waals surface area (Å²) < 4.78 is 46.3. The number of methoxy groups -OCH3 is 1. The lowest BCUT2D eigenvalue weighted by Crippen LogP contribution is -2.28. The molecule has 0 unspecified atom stereocenters. The normalized spacial score (nSPS) is 12.8. The second-order valence-electron chi connectivity index (χ2n) is 8.68. The molecule has 1 N–H and O–H groups in total. The van der Waals surface area contributed by atoms with E-state index in [0.717, 1.165) is 5.56 Å². The number of hydrogen-bond acceptors (Lipinski definition) is 5. The maximum atomic E-state index is 13.1. The Labute approximate surface area is 201 Å². The summed E-state index contributed by atoms with van der Waals surface area (Å²) in [5, 5.41) is 0. The molecule has 0 saturated carbocycles. The predicted molar refractivity (Wildman–Crippen MR) is 125 cm³/mol. The quantitative estimate of drug-likeness (QED) is 0.387. The molecule has 0 aliphatic rings. The second-order valence-corrected chi connectivity index (χ2v) is 8.68. The number of halogens is 3. The molecule has 1 heterocycles. The third kappa shape index (κ3) is 6.49. The molecule has 2 aromatic carbocycles. The van der Waals surface area contributed by atoms with Crippen LogP contribution >= 0.6 is 0 Å². The molecular formula is C26H27F3N2O4. The van der Waals surface area contributed by atoms with Crippen LogP contribution in [0.2, 0.25) is 0 Å². The van der Waals surface area contributed by atoms with Gasteiger partial charge in [-0.3, -0.25) is 9.59 Å². The molecule has 0 radical (unpaired) electrons. The van der Waals surface area contributed by atoms with Crippen molar-refractivity contribution < 1.29 is 27.4 Å². The van der Waals surface area contributed by atoms with Crippen LogP contribution in [0.15, 0.2) is 59.4 Å². The van der Waals surface area contributed by atoms with Crippen LogP contribution in [-0.2, 0) is 5.41 Å². The second kappa shape index (κ2) is 10.3. The van der Waals surface area contributed by atoms with E-state index in [0.29, 0.717) is 23.6 Å². The van der Waals surface area contributed by atoms with E-state index in [9.17, 15) is 22.8 Å². The van der Waals surface area contributed by atoms with Gasteiger partial charge in [-0.1, -0.05) is 31.2 Å². The molecule has 35 heavy (non-hydrogen) atoms. The van der Waals surface area contributed by atoms with E-state index < -0.39 is 17.3 Å². The summed E-state index contributed by atoms with van der Waals surface area (Å²) in [7, 11) is 1.57. The molecule has 0 spiro atoms. The van der Waals surface area contributed by atoms with Gasteiger partial charge in [0.1, 0.15) is 23.0 Å². The number of aromatic nitrogens is 2. The number of nitrogens with zero attached hydrogens (tertiary/aromatic N) is 1. The van der Waals surface area contributed by atoms with Crippen LogP contribution in [0, 0.1) is 0 Å². The Morgan fingerprint density at radius 1 is 1.03 bits per heavy atom. The zero-order valence-corrected chi connectivity index (χ0v) is 19.9. The van der Waals surface area contributed by atoms with Gasteiger partial charge in [0, 0.05) is 17.9 Å². The van der Waals surface area contributed by atoms with Crippen molar-refractivity contribution in [2.24, 2.45) is 0 Å². The third-order valence-corrected chi connectivity index (χ3v) is 5.94. The minimum absolute atomic E-state index is 0.0424. The Morgan fingerprint density at radius 3 is 2.17 bits per heavy atom. The average Bonchev–Trinajstić information content (AvgIpc) is 2.81. The molecule has 0 fully saturated rings. The van der Waals surface area contributed by atoms with Crippen LogP contribution in [0.5, 0.6) is 11.5 Å². The highest BCUT2D eigenvalue weighted by molar-refractivity contribution is 5.94. The molecule has 9 heteroatoms. The van der Waals surface area contributed by atoms with E-state index in [1.807, 2.05) is 32.9 Å². The van der Waals surface area contributed by atoms with Crippen molar-refractivity contribution in [3.05, 3.63) is 87.6 Å². The van der Waals surface area contributed by atoms with Gasteiger partial charge in [0.15, 0.2) is 5.78 Å². The first kappa shape index (κ1) is 26.0. The number of ether oxygens (including phenoxy) is 2. The number of carbonyl (C=O) groups is 1. The van der Waals surface area contributed by atoms with Crippen molar-refractivity contribution in [1.82, 2.24) is 9.97 Å². The lowest BCUT2D eigenvalue weighted by atomic mass is 9.83. The first-order chi connectivity index (χ1) is 16.4. The number of alkyl halides is 3. The van der Waals surface area contributed by atoms with Gasteiger partial charge in [-0.25, -0.2) is 4.98 Å². The molecule has 3 aromatic rings. The lowest BCUT2D eigenvalue weighted by Gasteiger charge is -2.25. The first-order valence-electron chi connectivity index (χ1n) is 11.1. The van der Waals surface area contributed by atoms with Crippen LogP contribution in [0.1, 0.15) is 67.0 Å². The van der Waals surface area contributed by atoms with Crippen molar-refractivity contribution >= 4 is 5.78 Å². The summed E-state index contributed by atoms with van der Waals surface area (Å²) in [6.45, 7) is 5.66. The Kier molecular flexibility index (Phi) is 7.67. The molecule has 6 nitrogen and oxygen atoms in total. The van der Waals surface area contributed by atoms with Crippen molar-refractivity contribution in [3.8, 4) is 11.5 Å². The van der Waals surface area contributed by atoms with Crippen molar-refractivity contribution in [3.63, 3.8) is 0 Å². The number of benzene rings is 2. The van der Waals surface area contributed by atoms with Crippen LogP contribution < -0.4 is 15.0 Å². The molecule has 3 rings (SSSR count). The monoisotopic (exact) mass is 488 g/mol. The zero-order chi connectivity index (χ0) is 25.8. The number of ketones is 1. The first-order valence-corrected chi connectivity index (χ1v) is 11.1. The van der Waals surface area contributed by atoms with Crippen LogP contribution in [0.25, 0.3) is 0 Å². The molecule has 1 aromatic heterocycles. The number of carbonyl (C=O) groups excluding carboxylic acids is 1. The summed E-state index contributed by atoms with van der Waals surface area (Å²) in [6, 6.07) is 14.0. The highest BCUT2D eigenvalue weighted by Gasteiger charge is 2.31. The summed E-state index contributed by atoms with van der Waals surface area (Å²) in [4.78, 5) is 32.7. The summed E-state index contributed by atoms with van der Waals surface area (Å²) in [5.74, 6) is 0.120. The van der Waals surface area contributed by atoms with E-state index in [4.69, 9.17) is 4.74 Å². The number of Topliss-reactive ketones (excluding diaryl/α,β-unsaturated/α-hetero) is 1. The largest absolute Gasteiger partial charge is 0.573 e. The van der Waals surface area contributed by atoms with Crippen molar-refractivity contribution in [2.45, 2.75) is 51.3 Å². The fourth-order valence-corrected chi connectivity index (χ4v) is 3.81. The number of nitrogens with one attached hydrogen (secondary N) is 1. The van der Waals surface area contributed by atoms with Crippen molar-refractivity contribution in [2.75, 3.05) is 7.11 Å². The highest BCUT2D eigenvalue weighted by atomic mass is 19.4. The van der Waals surface area contributed by atoms with Crippen LogP contribution in [0.4, 0.5) is 13.2 Å². The zero-order valence-electron chi connectivity index (χ0n) is 19.9. The number of rotatable bonds is 9. The molecular weight excluding hydrogens is 461 g/mol. The lowest BCUT2D eigenvalue weighted by molar-refractivity contribution is -0.274. The van der Waals surface area contributed by atoms with E-state index >= 15 is 0 Å². The smallest absolute Gasteiger partial charge is 0.497 e. The van der Waals surface area contributed by atoms with Gasteiger partial charge in [-0.2, -0.15) is 0 Å². The minimum atomic E-state index is -4.77. The van der Waals surface area contributed by atoms with Gasteiger partial charge in [0.25, 0.3) is 5.56 Å². The maximum absolute atomic E-state index is 13.1. The summed E-state index contributed by atoms with van der Waals surface area (Å²) in [6.07, 6.45) is -4.15. The molecule has 186 valence electrons. The fraction of sp³-hybridized carbons (Fsp3) is 0.346. The molecule has 0 aliphatic heterocycles. The Balaban J connectivity index is 1.83. The van der Waals surface area contributed by atoms with Gasteiger partial charge in [0.05, 0.1) is 7.11 Å². The highest BCUT2D eigenvalue weighted by Crippen LogP contribution is 2.31. The molecule has 0 aliphatic carbocycles. The fourth-order valence-electron chi connectivity index (χ4n) is 3.81. The van der Waals surface area contributed by atoms with E-state index in [2.05, 4.69) is 14.7 Å². The maximum Gasteiger partial charge on any atom is 0.573 e. The standard InChI is InChI=1S/C26H27F3N2O4/c1-5-16(17-6-10-20(11-7-17)35-26(27,28)29)14-22(32)21-15-23(33)31-24(30-21)25(2,3)18-8-12-19(34-4)13-9-18/h6-13,15-16H,5,14H2,1-4H3,(H,30,31,33)/t16-/m0/s1. The molecule has 1 atom stereocenters. The predicted octanol–water partition coefficient (Wildman–Crippen LogP) is 5.77. The van der Waals surface area contributed by atoms with Gasteiger partial charge < -0.3 is 14.5 Å². The Bertz CT molecular complexity index is 1220. The number of H-pyrrole nitrogens is 1. The summed E-state index contributed by atoms with van der Waals surface area (Å²) in [5.41, 5.74) is 0.473. The van der Waals surface area contributed by atoms with Crippen molar-refractivity contribution in [1.29, 1.82) is 0 Å². The SMILES string of the molecule is CC[C@@H](CC(=O)c1cc(=O)[nH]c(C(C)(C)c2ccc(OC)cc2)n1)c1ccc(OC(F)(F)F)cc1. The minimum Gasteiger partial charge on any atom is -0.497 e. The van der Waals surface area contributed by atoms with E-state index in [-0.39, 0.29) is 29.6 Å². The third-order valence-electron chi connectivity index (χ3n) is 5.94. The Morgan fingerprint density at radius 2 is 1.63 bits per heavy atom. The van der Waals surface area contributed by atoms with Gasteiger partial charge >= 0.3 is 6.36 Å². The molecule has 0 saturated heterocycles. The van der Waals surface area contributed by atoms with E-state index in [1.54, 1.807) is 19.2 Å². The van der Waals surface area contributed by atoms with Crippen LogP contribution in [-0.4, -0.2) is 29.2 Å². The Hall–Kier alpha value is -3.62. The van der Waals surface area contributed by atoms with E-state index in [1.165, 1.54) is 30.3 Å². The van der Waals surface area contributed by atoms with Crippen LogP contribution in [0.3, 0.4) is 0 Å². The average molecular weight is 489 g/mol. The number of hydrogen-bond donors (Lipinski definition) is 1. The molecule has 0 amide bonds. The van der Waals surface area contributed by atoms with Gasteiger partial charge in [0.2, 0.25) is 0 Å². The number of aromatic amines is 1. The van der Waals surface area contributed by atoms with Gasteiger partial charge in [-0.05, 0) is 61.6 Å². The summed E-state index contributed by atoms with van der Waals surface area (Å²) >= 11 is 0. The topological polar surface area (TPSA) is 81.3 Å².